The number of nitrogens with zero attached hydrogens (tertiary/aromatic N) is 1. The summed E-state index contributed by atoms with van der Waals surface area (Å²) in [5.74, 6) is -0.422. The Labute approximate surface area is 202 Å². The Kier molecular flexibility index (Phi) is 8.63. The summed E-state index contributed by atoms with van der Waals surface area (Å²) < 4.78 is 5.35. The van der Waals surface area contributed by atoms with Gasteiger partial charge in [0, 0.05) is 30.1 Å². The normalized spacial score (nSPS) is 16.1. The molecule has 0 saturated heterocycles. The van der Waals surface area contributed by atoms with Gasteiger partial charge >= 0.3 is 5.97 Å². The van der Waals surface area contributed by atoms with Crippen LogP contribution in [0.15, 0.2) is 65.9 Å². The van der Waals surface area contributed by atoms with E-state index in [1.54, 1.807) is 30.9 Å². The second kappa shape index (κ2) is 11.6. The number of esters is 1. The fourth-order valence-corrected chi connectivity index (χ4v) is 4.22. The highest BCUT2D eigenvalue weighted by Gasteiger charge is 2.36. The number of benzene rings is 2. The van der Waals surface area contributed by atoms with Gasteiger partial charge < -0.3 is 15.0 Å². The molecule has 0 aromatic heterocycles. The zero-order valence-electron chi connectivity index (χ0n) is 20.5. The average molecular weight is 463 g/mol. The number of ether oxygens (including phenoxy) is 1. The van der Waals surface area contributed by atoms with E-state index in [-0.39, 0.29) is 37.3 Å². The van der Waals surface area contributed by atoms with Crippen LogP contribution in [-0.2, 0) is 20.9 Å². The Morgan fingerprint density at radius 2 is 1.85 bits per heavy atom. The number of carbonyl (C=O) groups is 3. The molecule has 6 nitrogen and oxygen atoms in total. The highest BCUT2D eigenvalue weighted by molar-refractivity contribution is 5.96. The maximum Gasteiger partial charge on any atom is 0.336 e. The number of amides is 2. The molecule has 0 bridgehead atoms. The van der Waals surface area contributed by atoms with Crippen molar-refractivity contribution in [2.75, 3.05) is 13.2 Å². The van der Waals surface area contributed by atoms with Crippen LogP contribution in [0.25, 0.3) is 0 Å². The third-order valence-electron chi connectivity index (χ3n) is 6.06. The van der Waals surface area contributed by atoms with Gasteiger partial charge in [-0.15, -0.1) is 0 Å². The van der Waals surface area contributed by atoms with Crippen LogP contribution in [-0.4, -0.2) is 35.8 Å². The summed E-state index contributed by atoms with van der Waals surface area (Å²) in [5.41, 5.74) is 3.40. The Bertz CT molecular complexity index is 1060. The molecule has 1 heterocycles. The van der Waals surface area contributed by atoms with Crippen molar-refractivity contribution < 1.29 is 19.1 Å². The highest BCUT2D eigenvalue weighted by atomic mass is 16.5. The van der Waals surface area contributed by atoms with Crippen LogP contribution >= 0.6 is 0 Å². The minimum absolute atomic E-state index is 0.0637. The number of rotatable bonds is 9. The topological polar surface area (TPSA) is 75.7 Å². The molecule has 0 radical (unpaired) electrons. The highest BCUT2D eigenvalue weighted by Crippen LogP contribution is 2.37. The number of allylic oxidation sites excluding steroid dienone is 1. The fraction of sp³-hybridized carbons (Fsp3) is 0.393. The van der Waals surface area contributed by atoms with E-state index in [9.17, 15) is 14.4 Å². The van der Waals surface area contributed by atoms with Gasteiger partial charge in [0.1, 0.15) is 0 Å². The molecule has 2 aromatic carbocycles. The first-order valence-electron chi connectivity index (χ1n) is 11.9. The Morgan fingerprint density at radius 1 is 1.12 bits per heavy atom. The van der Waals surface area contributed by atoms with Gasteiger partial charge in [0.2, 0.25) is 5.91 Å². The van der Waals surface area contributed by atoms with E-state index in [4.69, 9.17) is 4.74 Å². The summed E-state index contributed by atoms with van der Waals surface area (Å²) in [5, 5.41) is 2.95. The van der Waals surface area contributed by atoms with E-state index < -0.39 is 5.97 Å². The van der Waals surface area contributed by atoms with E-state index in [2.05, 4.69) is 19.2 Å². The molecule has 1 atom stereocenters. The Balaban J connectivity index is 1.86. The maximum atomic E-state index is 13.2. The molecule has 180 valence electrons. The van der Waals surface area contributed by atoms with Gasteiger partial charge in [-0.25, -0.2) is 4.79 Å². The predicted octanol–water partition coefficient (Wildman–Crippen LogP) is 4.82. The van der Waals surface area contributed by atoms with Crippen LogP contribution in [0.4, 0.5) is 0 Å². The number of hydrogen-bond acceptors (Lipinski definition) is 4. The third kappa shape index (κ3) is 6.13. The molecule has 3 rings (SSSR count). The molecule has 1 aliphatic heterocycles. The minimum Gasteiger partial charge on any atom is -0.463 e. The zero-order valence-corrected chi connectivity index (χ0v) is 20.5. The molecule has 0 aliphatic carbocycles. The van der Waals surface area contributed by atoms with Gasteiger partial charge in [-0.1, -0.05) is 56.3 Å². The first kappa shape index (κ1) is 25.2. The zero-order chi connectivity index (χ0) is 24.7. The lowest BCUT2D eigenvalue weighted by molar-refractivity contribution is -0.140. The molecule has 34 heavy (non-hydrogen) atoms. The standard InChI is InChI=1S/C28H34N2O4/c1-5-34-28(33)26-20(4)30(25(31)17-24(26)22-11-7-6-8-12-22)18-21-10-9-13-23(16-21)27(32)29-15-14-19(2)3/h6-13,16,19,24H,5,14-15,17-18H2,1-4H3,(H,29,32). The van der Waals surface area contributed by atoms with Crippen LogP contribution < -0.4 is 5.32 Å². The number of nitrogens with one attached hydrogen (secondary N) is 1. The lowest BCUT2D eigenvalue weighted by Crippen LogP contribution is -2.38. The number of carbonyl (C=O) groups excluding carboxylic acids is 3. The molecule has 0 fully saturated rings. The van der Waals surface area contributed by atoms with Gasteiger partial charge in [0.05, 0.1) is 18.7 Å². The van der Waals surface area contributed by atoms with E-state index >= 15 is 0 Å². The monoisotopic (exact) mass is 462 g/mol. The molecule has 0 saturated carbocycles. The molecule has 6 heteroatoms. The fourth-order valence-electron chi connectivity index (χ4n) is 4.22. The van der Waals surface area contributed by atoms with E-state index in [1.165, 1.54) is 0 Å². The van der Waals surface area contributed by atoms with E-state index in [0.717, 1.165) is 17.5 Å². The van der Waals surface area contributed by atoms with Crippen LogP contribution in [0, 0.1) is 5.92 Å². The molecule has 1 N–H and O–H groups in total. The van der Waals surface area contributed by atoms with E-state index in [1.807, 2.05) is 42.5 Å². The SMILES string of the molecule is CCOC(=O)C1=C(C)N(Cc2cccc(C(=O)NCCC(C)C)c2)C(=O)CC1c1ccccc1. The Morgan fingerprint density at radius 3 is 2.53 bits per heavy atom. The van der Waals surface area contributed by atoms with Crippen molar-refractivity contribution in [1.29, 1.82) is 0 Å². The summed E-state index contributed by atoms with van der Waals surface area (Å²) in [6.07, 6.45) is 1.10. The first-order chi connectivity index (χ1) is 16.3. The third-order valence-corrected chi connectivity index (χ3v) is 6.06. The smallest absolute Gasteiger partial charge is 0.336 e. The second-order valence-corrected chi connectivity index (χ2v) is 9.01. The maximum absolute atomic E-state index is 13.2. The van der Waals surface area contributed by atoms with Gasteiger partial charge in [0.15, 0.2) is 0 Å². The van der Waals surface area contributed by atoms with Crippen molar-refractivity contribution in [3.8, 4) is 0 Å². The summed E-state index contributed by atoms with van der Waals surface area (Å²) in [4.78, 5) is 40.3. The lowest BCUT2D eigenvalue weighted by Gasteiger charge is -2.34. The van der Waals surface area contributed by atoms with Crippen molar-refractivity contribution in [2.45, 2.75) is 53.0 Å². The second-order valence-electron chi connectivity index (χ2n) is 9.01. The molecule has 0 spiro atoms. The molecule has 2 aromatic rings. The van der Waals surface area contributed by atoms with E-state index in [0.29, 0.717) is 29.3 Å². The van der Waals surface area contributed by atoms with Gasteiger partial charge in [-0.05, 0) is 49.4 Å². The molecule has 2 amide bonds. The predicted molar refractivity (Wildman–Crippen MR) is 132 cm³/mol. The van der Waals surface area contributed by atoms with Crippen LogP contribution in [0.3, 0.4) is 0 Å². The van der Waals surface area contributed by atoms with Crippen molar-refractivity contribution >= 4 is 17.8 Å². The van der Waals surface area contributed by atoms with Gasteiger partial charge in [-0.2, -0.15) is 0 Å². The summed E-state index contributed by atoms with van der Waals surface area (Å²) in [6.45, 7) is 8.96. The summed E-state index contributed by atoms with van der Waals surface area (Å²) in [7, 11) is 0. The van der Waals surface area contributed by atoms with Crippen LogP contribution in [0.5, 0.6) is 0 Å². The Hall–Kier alpha value is -3.41. The lowest BCUT2D eigenvalue weighted by atomic mass is 9.83. The van der Waals surface area contributed by atoms with Crippen molar-refractivity contribution in [3.05, 3.63) is 82.6 Å². The summed E-state index contributed by atoms with van der Waals surface area (Å²) >= 11 is 0. The van der Waals surface area contributed by atoms with Crippen molar-refractivity contribution in [3.63, 3.8) is 0 Å². The first-order valence-corrected chi connectivity index (χ1v) is 11.9. The molecule has 1 aliphatic rings. The molecular weight excluding hydrogens is 428 g/mol. The number of hydrogen-bond donors (Lipinski definition) is 1. The van der Waals surface area contributed by atoms with Gasteiger partial charge in [0.25, 0.3) is 5.91 Å². The molecule has 1 unspecified atom stereocenters. The van der Waals surface area contributed by atoms with Crippen LogP contribution in [0.2, 0.25) is 0 Å². The van der Waals surface area contributed by atoms with Gasteiger partial charge in [-0.3, -0.25) is 9.59 Å². The van der Waals surface area contributed by atoms with Crippen molar-refractivity contribution in [1.82, 2.24) is 10.2 Å². The quantitative estimate of drug-likeness (QED) is 0.543. The molecular formula is C28H34N2O4. The minimum atomic E-state index is -0.398. The largest absolute Gasteiger partial charge is 0.463 e. The van der Waals surface area contributed by atoms with Crippen molar-refractivity contribution in [2.24, 2.45) is 5.92 Å². The summed E-state index contributed by atoms with van der Waals surface area (Å²) in [6, 6.07) is 16.9. The average Bonchev–Trinajstić information content (AvgIpc) is 2.82. The van der Waals surface area contributed by atoms with Crippen LogP contribution in [0.1, 0.15) is 67.9 Å².